The van der Waals surface area contributed by atoms with Crippen LogP contribution in [-0.4, -0.2) is 35.4 Å². The third-order valence-electron chi connectivity index (χ3n) is 1.96. The van der Waals surface area contributed by atoms with Crippen LogP contribution in [0, 0.1) is 0 Å². The highest BCUT2D eigenvalue weighted by molar-refractivity contribution is 5.95. The molecule has 120 valence electrons. The monoisotopic (exact) mass is 312 g/mol. The summed E-state index contributed by atoms with van der Waals surface area (Å²) < 4.78 is 14.1. The normalized spacial score (nSPS) is 10.1. The van der Waals surface area contributed by atoms with E-state index in [0.717, 1.165) is 26.0 Å². The first-order chi connectivity index (χ1) is 10.1. The molecule has 0 fully saturated rings. The van der Waals surface area contributed by atoms with Gasteiger partial charge < -0.3 is 14.2 Å². The maximum atomic E-state index is 11.5. The van der Waals surface area contributed by atoms with Crippen molar-refractivity contribution in [1.29, 1.82) is 0 Å². The van der Waals surface area contributed by atoms with E-state index < -0.39 is 48.3 Å². The molecule has 0 radical (unpaired) electrons. The minimum absolute atomic E-state index is 0.520. The molecule has 0 aliphatic rings. The molecule has 0 heterocycles. The standard InChI is InChI=1S/C14H16O8/c1-5-11(17)20-14(6-2,21-12(18)7-9(3)15)22-13(19)8-10(4)16/h5-6H,1-2,7-8H2,3-4H3. The summed E-state index contributed by atoms with van der Waals surface area (Å²) in [5, 5.41) is 0. The van der Waals surface area contributed by atoms with E-state index in [2.05, 4.69) is 17.9 Å². The molecule has 8 heteroatoms. The maximum Gasteiger partial charge on any atom is 0.446 e. The van der Waals surface area contributed by atoms with Gasteiger partial charge in [-0.1, -0.05) is 13.2 Å². The van der Waals surface area contributed by atoms with Crippen molar-refractivity contribution < 1.29 is 38.2 Å². The van der Waals surface area contributed by atoms with Gasteiger partial charge in [0.2, 0.25) is 0 Å². The van der Waals surface area contributed by atoms with E-state index in [1.54, 1.807) is 0 Å². The number of rotatable bonds is 9. The fourth-order valence-corrected chi connectivity index (χ4v) is 1.17. The van der Waals surface area contributed by atoms with Crippen molar-refractivity contribution in [3.8, 4) is 0 Å². The maximum absolute atomic E-state index is 11.5. The SMILES string of the molecule is C=CC(=O)OC(C=C)(OC(=O)CC(C)=O)OC(=O)CC(C)=O. The highest BCUT2D eigenvalue weighted by atomic mass is 16.9. The molecule has 0 amide bonds. The van der Waals surface area contributed by atoms with Gasteiger partial charge in [0.25, 0.3) is 0 Å². The molecule has 0 saturated heterocycles. The van der Waals surface area contributed by atoms with Crippen LogP contribution in [0.1, 0.15) is 26.7 Å². The van der Waals surface area contributed by atoms with Crippen molar-refractivity contribution in [1.82, 2.24) is 0 Å². The summed E-state index contributed by atoms with van der Waals surface area (Å²) in [5.74, 6) is -6.92. The van der Waals surface area contributed by atoms with Gasteiger partial charge in [0.1, 0.15) is 24.4 Å². The summed E-state index contributed by atoms with van der Waals surface area (Å²) in [6.07, 6.45) is 0.192. The van der Waals surface area contributed by atoms with Gasteiger partial charge in [-0.2, -0.15) is 0 Å². The molecule has 0 aromatic rings. The van der Waals surface area contributed by atoms with Gasteiger partial charge in [0.05, 0.1) is 0 Å². The van der Waals surface area contributed by atoms with Crippen molar-refractivity contribution in [2.45, 2.75) is 32.7 Å². The number of ketones is 2. The predicted octanol–water partition coefficient (Wildman–Crippen LogP) is 0.600. The summed E-state index contributed by atoms with van der Waals surface area (Å²) >= 11 is 0. The van der Waals surface area contributed by atoms with Gasteiger partial charge in [-0.15, -0.1) is 0 Å². The van der Waals surface area contributed by atoms with Crippen LogP contribution in [0.5, 0.6) is 0 Å². The van der Waals surface area contributed by atoms with Crippen LogP contribution < -0.4 is 0 Å². The molecule has 0 aliphatic heterocycles. The summed E-state index contributed by atoms with van der Waals surface area (Å²) in [7, 11) is 0. The van der Waals surface area contributed by atoms with Gasteiger partial charge in [-0.25, -0.2) is 4.79 Å². The molecule has 0 aliphatic carbocycles. The topological polar surface area (TPSA) is 113 Å². The molecule has 0 aromatic carbocycles. The van der Waals surface area contributed by atoms with Gasteiger partial charge in [0, 0.05) is 12.2 Å². The van der Waals surface area contributed by atoms with E-state index in [-0.39, 0.29) is 0 Å². The lowest BCUT2D eigenvalue weighted by Gasteiger charge is -2.27. The molecule has 0 atom stereocenters. The number of esters is 3. The fourth-order valence-electron chi connectivity index (χ4n) is 1.17. The van der Waals surface area contributed by atoms with Crippen molar-refractivity contribution in [3.05, 3.63) is 25.3 Å². The Morgan fingerprint density at radius 2 is 1.27 bits per heavy atom. The quantitative estimate of drug-likeness (QED) is 0.200. The number of hydrogen-bond acceptors (Lipinski definition) is 8. The van der Waals surface area contributed by atoms with Gasteiger partial charge in [0.15, 0.2) is 0 Å². The van der Waals surface area contributed by atoms with Crippen molar-refractivity contribution in [3.63, 3.8) is 0 Å². The summed E-state index contributed by atoms with van der Waals surface area (Å²) in [6.45, 7) is 8.65. The zero-order chi connectivity index (χ0) is 17.3. The Hall–Kier alpha value is -2.77. The Morgan fingerprint density at radius 3 is 1.55 bits per heavy atom. The fraction of sp³-hybridized carbons (Fsp3) is 0.357. The van der Waals surface area contributed by atoms with Crippen LogP contribution in [0.2, 0.25) is 0 Å². The van der Waals surface area contributed by atoms with Crippen LogP contribution >= 0.6 is 0 Å². The van der Waals surface area contributed by atoms with E-state index in [1.165, 1.54) is 0 Å². The van der Waals surface area contributed by atoms with Crippen molar-refractivity contribution in [2.75, 3.05) is 0 Å². The largest absolute Gasteiger partial charge is 0.446 e. The highest BCUT2D eigenvalue weighted by Crippen LogP contribution is 2.20. The second kappa shape index (κ2) is 8.50. The van der Waals surface area contributed by atoms with Crippen LogP contribution in [-0.2, 0) is 38.2 Å². The number of ether oxygens (including phenoxy) is 3. The first-order valence-corrected chi connectivity index (χ1v) is 6.05. The number of hydrogen-bond donors (Lipinski definition) is 0. The molecule has 8 nitrogen and oxygen atoms in total. The average Bonchev–Trinajstić information content (AvgIpc) is 2.35. The van der Waals surface area contributed by atoms with Gasteiger partial charge >= 0.3 is 23.9 Å². The molecule has 0 N–H and O–H groups in total. The molecule has 0 saturated carbocycles. The lowest BCUT2D eigenvalue weighted by molar-refractivity contribution is -0.300. The molecule has 0 bridgehead atoms. The van der Waals surface area contributed by atoms with Crippen LogP contribution in [0.25, 0.3) is 0 Å². The molecule has 0 rings (SSSR count). The molecular formula is C14H16O8. The van der Waals surface area contributed by atoms with E-state index in [0.29, 0.717) is 0 Å². The lowest BCUT2D eigenvalue weighted by Crippen LogP contribution is -2.43. The Balaban J connectivity index is 5.28. The summed E-state index contributed by atoms with van der Waals surface area (Å²) in [5.41, 5.74) is 0. The number of carbonyl (C=O) groups excluding carboxylic acids is 5. The average molecular weight is 312 g/mol. The first kappa shape index (κ1) is 19.2. The summed E-state index contributed by atoms with van der Waals surface area (Å²) in [6, 6.07) is 0. The van der Waals surface area contributed by atoms with Crippen LogP contribution in [0.4, 0.5) is 0 Å². The Bertz CT molecular complexity index is 487. The van der Waals surface area contributed by atoms with E-state index >= 15 is 0 Å². The van der Waals surface area contributed by atoms with E-state index in [9.17, 15) is 24.0 Å². The number of carbonyl (C=O) groups is 5. The lowest BCUT2D eigenvalue weighted by atomic mass is 10.3. The van der Waals surface area contributed by atoms with E-state index in [1.807, 2.05) is 0 Å². The van der Waals surface area contributed by atoms with Gasteiger partial charge in [-0.3, -0.25) is 19.2 Å². The van der Waals surface area contributed by atoms with E-state index in [4.69, 9.17) is 9.47 Å². The molecular weight excluding hydrogens is 296 g/mol. The zero-order valence-corrected chi connectivity index (χ0v) is 12.2. The molecule has 0 unspecified atom stereocenters. The first-order valence-electron chi connectivity index (χ1n) is 6.05. The van der Waals surface area contributed by atoms with Crippen molar-refractivity contribution >= 4 is 29.5 Å². The summed E-state index contributed by atoms with van der Waals surface area (Å²) in [4.78, 5) is 56.1. The molecule has 0 aromatic heterocycles. The Kier molecular flexibility index (Phi) is 7.43. The third-order valence-corrected chi connectivity index (χ3v) is 1.96. The minimum atomic E-state index is -2.58. The van der Waals surface area contributed by atoms with Crippen LogP contribution in [0.3, 0.4) is 0 Å². The predicted molar refractivity (Wildman–Crippen MR) is 72.0 cm³/mol. The Labute approximate surface area is 126 Å². The van der Waals surface area contributed by atoms with Crippen LogP contribution in [0.15, 0.2) is 25.3 Å². The zero-order valence-electron chi connectivity index (χ0n) is 12.2. The van der Waals surface area contributed by atoms with Gasteiger partial charge in [-0.05, 0) is 13.8 Å². The van der Waals surface area contributed by atoms with Crippen molar-refractivity contribution in [2.24, 2.45) is 0 Å². The smallest absolute Gasteiger partial charge is 0.384 e. The molecule has 22 heavy (non-hydrogen) atoms. The highest BCUT2D eigenvalue weighted by Gasteiger charge is 2.40. The Morgan fingerprint density at radius 1 is 0.864 bits per heavy atom. The number of Topliss-reactive ketones (excluding diaryl/α,β-unsaturated/α-hetero) is 2. The third kappa shape index (κ3) is 7.13. The minimum Gasteiger partial charge on any atom is -0.384 e. The second-order valence-corrected chi connectivity index (χ2v) is 4.14. The second-order valence-electron chi connectivity index (χ2n) is 4.14. The molecule has 0 spiro atoms.